The lowest BCUT2D eigenvalue weighted by atomic mass is 9.98. The lowest BCUT2D eigenvalue weighted by Crippen LogP contribution is -2.36. The number of aromatic carboxylic acids is 1. The smallest absolute Gasteiger partial charge is 0.407 e. The molecule has 0 spiro atoms. The molecular formula is C26H23FN2O5. The molecule has 0 unspecified atom stereocenters. The number of nitrogens with one attached hydrogen (secondary N) is 2. The number of carbonyl (C=O) groups is 3. The Balaban J connectivity index is 1.33. The molecule has 0 bridgehead atoms. The molecule has 1 aliphatic rings. The molecule has 0 saturated heterocycles. The molecule has 3 aromatic carbocycles. The van der Waals surface area contributed by atoms with Crippen molar-refractivity contribution in [3.05, 3.63) is 89.2 Å². The van der Waals surface area contributed by atoms with Gasteiger partial charge in [-0.3, -0.25) is 4.79 Å². The molecule has 2 amide bonds. The van der Waals surface area contributed by atoms with E-state index < -0.39 is 35.4 Å². The summed E-state index contributed by atoms with van der Waals surface area (Å²) in [6.07, 6.45) is -0.820. The Morgan fingerprint density at radius 3 is 2.21 bits per heavy atom. The summed E-state index contributed by atoms with van der Waals surface area (Å²) < 4.78 is 19.2. The van der Waals surface area contributed by atoms with E-state index in [1.54, 1.807) is 6.92 Å². The molecule has 7 nitrogen and oxygen atoms in total. The van der Waals surface area contributed by atoms with Crippen molar-refractivity contribution in [1.82, 2.24) is 5.32 Å². The van der Waals surface area contributed by atoms with Crippen molar-refractivity contribution in [2.45, 2.75) is 25.3 Å². The SMILES string of the molecule is C[C@H](CC(=O)Nc1cccc(F)c1C(=O)O)NC(=O)OCC1c2ccccc2-c2ccccc21. The molecule has 0 aromatic heterocycles. The van der Waals surface area contributed by atoms with Crippen LogP contribution in [-0.2, 0) is 9.53 Å². The largest absolute Gasteiger partial charge is 0.478 e. The Hall–Kier alpha value is -4.20. The number of hydrogen-bond acceptors (Lipinski definition) is 4. The molecule has 0 aliphatic heterocycles. The van der Waals surface area contributed by atoms with Crippen LogP contribution in [0.1, 0.15) is 40.7 Å². The number of alkyl carbamates (subject to hydrolysis) is 1. The van der Waals surface area contributed by atoms with E-state index in [1.165, 1.54) is 12.1 Å². The van der Waals surface area contributed by atoms with Crippen LogP contribution in [0.25, 0.3) is 11.1 Å². The van der Waals surface area contributed by atoms with Crippen molar-refractivity contribution >= 4 is 23.7 Å². The number of halogens is 1. The molecule has 3 N–H and O–H groups in total. The number of rotatable bonds is 7. The van der Waals surface area contributed by atoms with Crippen molar-refractivity contribution in [3.8, 4) is 11.1 Å². The van der Waals surface area contributed by atoms with Crippen molar-refractivity contribution < 1.29 is 28.6 Å². The summed E-state index contributed by atoms with van der Waals surface area (Å²) in [6.45, 7) is 1.76. The third kappa shape index (κ3) is 4.76. The summed E-state index contributed by atoms with van der Waals surface area (Å²) in [5.74, 6) is -3.09. The number of carboxylic acid groups (broad SMARTS) is 1. The number of ether oxygens (including phenoxy) is 1. The van der Waals surface area contributed by atoms with Crippen LogP contribution in [0.5, 0.6) is 0 Å². The van der Waals surface area contributed by atoms with Crippen LogP contribution in [-0.4, -0.2) is 35.7 Å². The topological polar surface area (TPSA) is 105 Å². The highest BCUT2D eigenvalue weighted by Gasteiger charge is 2.29. The molecule has 3 aromatic rings. The zero-order valence-corrected chi connectivity index (χ0v) is 18.4. The molecule has 0 fully saturated rings. The van der Waals surface area contributed by atoms with Gasteiger partial charge < -0.3 is 20.5 Å². The quantitative estimate of drug-likeness (QED) is 0.469. The van der Waals surface area contributed by atoms with Crippen molar-refractivity contribution in [2.24, 2.45) is 0 Å². The molecule has 4 rings (SSSR count). The maximum Gasteiger partial charge on any atom is 0.407 e. The average molecular weight is 462 g/mol. The fraction of sp³-hybridized carbons (Fsp3) is 0.192. The Labute approximate surface area is 195 Å². The summed E-state index contributed by atoms with van der Waals surface area (Å²) in [4.78, 5) is 35.9. The van der Waals surface area contributed by atoms with E-state index in [1.807, 2.05) is 48.5 Å². The average Bonchev–Trinajstić information content (AvgIpc) is 3.11. The first kappa shape index (κ1) is 23.0. The monoisotopic (exact) mass is 462 g/mol. The predicted octanol–water partition coefficient (Wildman–Crippen LogP) is 4.78. The highest BCUT2D eigenvalue weighted by molar-refractivity contribution is 6.00. The Bertz CT molecular complexity index is 1210. The second-order valence-electron chi connectivity index (χ2n) is 8.09. The summed E-state index contributed by atoms with van der Waals surface area (Å²) in [7, 11) is 0. The number of fused-ring (bicyclic) bond motifs is 3. The van der Waals surface area contributed by atoms with E-state index in [0.29, 0.717) is 0 Å². The number of hydrogen-bond donors (Lipinski definition) is 3. The van der Waals surface area contributed by atoms with Gasteiger partial charge in [0.2, 0.25) is 5.91 Å². The van der Waals surface area contributed by atoms with Gasteiger partial charge in [0, 0.05) is 18.4 Å². The zero-order chi connectivity index (χ0) is 24.2. The summed E-state index contributed by atoms with van der Waals surface area (Å²) in [5, 5.41) is 14.2. The number of carbonyl (C=O) groups excluding carboxylic acids is 2. The highest BCUT2D eigenvalue weighted by Crippen LogP contribution is 2.44. The number of benzene rings is 3. The maximum atomic E-state index is 13.8. The minimum absolute atomic E-state index is 0.0841. The first-order valence-electron chi connectivity index (χ1n) is 10.8. The van der Waals surface area contributed by atoms with E-state index in [9.17, 15) is 18.8 Å². The summed E-state index contributed by atoms with van der Waals surface area (Å²) in [6, 6.07) is 19.0. The first-order chi connectivity index (χ1) is 16.3. The van der Waals surface area contributed by atoms with Gasteiger partial charge in [-0.15, -0.1) is 0 Å². The van der Waals surface area contributed by atoms with Gasteiger partial charge in [-0.25, -0.2) is 14.0 Å². The standard InChI is InChI=1S/C26H23FN2O5/c1-15(13-23(30)29-22-12-6-11-21(27)24(22)25(31)32)28-26(33)34-14-20-18-9-4-2-7-16(18)17-8-3-5-10-19(17)20/h2-12,15,20H,13-14H2,1H3,(H,28,33)(H,29,30)(H,31,32)/t15-/m1/s1. The molecule has 1 atom stereocenters. The van der Waals surface area contributed by atoms with Crippen molar-refractivity contribution in [2.75, 3.05) is 11.9 Å². The molecule has 174 valence electrons. The normalized spacial score (nSPS) is 12.9. The fourth-order valence-corrected chi connectivity index (χ4v) is 4.22. The van der Waals surface area contributed by atoms with Gasteiger partial charge >= 0.3 is 12.1 Å². The van der Waals surface area contributed by atoms with Gasteiger partial charge in [-0.1, -0.05) is 54.6 Å². The predicted molar refractivity (Wildman–Crippen MR) is 124 cm³/mol. The molecular weight excluding hydrogens is 439 g/mol. The third-order valence-electron chi connectivity index (χ3n) is 5.70. The van der Waals surface area contributed by atoms with Crippen LogP contribution >= 0.6 is 0 Å². The Kier molecular flexibility index (Phi) is 6.58. The molecule has 0 saturated carbocycles. The van der Waals surface area contributed by atoms with Crippen LogP contribution in [0.3, 0.4) is 0 Å². The van der Waals surface area contributed by atoms with E-state index in [-0.39, 0.29) is 24.6 Å². The maximum absolute atomic E-state index is 13.8. The van der Waals surface area contributed by atoms with Crippen LogP contribution in [0.15, 0.2) is 66.7 Å². The van der Waals surface area contributed by atoms with Gasteiger partial charge in [-0.05, 0) is 41.3 Å². The molecule has 8 heteroatoms. The van der Waals surface area contributed by atoms with Crippen LogP contribution in [0, 0.1) is 5.82 Å². The molecule has 1 aliphatic carbocycles. The Morgan fingerprint density at radius 2 is 1.59 bits per heavy atom. The third-order valence-corrected chi connectivity index (χ3v) is 5.70. The number of carboxylic acids is 1. The molecule has 34 heavy (non-hydrogen) atoms. The van der Waals surface area contributed by atoms with Crippen molar-refractivity contribution in [3.63, 3.8) is 0 Å². The number of amides is 2. The van der Waals surface area contributed by atoms with Crippen LogP contribution in [0.2, 0.25) is 0 Å². The fourth-order valence-electron chi connectivity index (χ4n) is 4.22. The molecule has 0 radical (unpaired) electrons. The van der Waals surface area contributed by atoms with Gasteiger partial charge in [0.15, 0.2) is 0 Å². The minimum Gasteiger partial charge on any atom is -0.478 e. The van der Waals surface area contributed by atoms with E-state index >= 15 is 0 Å². The van der Waals surface area contributed by atoms with Crippen molar-refractivity contribution in [1.29, 1.82) is 0 Å². The van der Waals surface area contributed by atoms with E-state index in [4.69, 9.17) is 9.84 Å². The van der Waals surface area contributed by atoms with Gasteiger partial charge in [0.25, 0.3) is 0 Å². The summed E-state index contributed by atoms with van der Waals surface area (Å²) in [5.41, 5.74) is 3.66. The first-order valence-corrected chi connectivity index (χ1v) is 10.8. The lowest BCUT2D eigenvalue weighted by Gasteiger charge is -2.17. The summed E-state index contributed by atoms with van der Waals surface area (Å²) >= 11 is 0. The minimum atomic E-state index is -1.49. The van der Waals surface area contributed by atoms with E-state index in [2.05, 4.69) is 10.6 Å². The van der Waals surface area contributed by atoms with Crippen LogP contribution < -0.4 is 10.6 Å². The van der Waals surface area contributed by atoms with E-state index in [0.717, 1.165) is 28.3 Å². The highest BCUT2D eigenvalue weighted by atomic mass is 19.1. The second-order valence-corrected chi connectivity index (χ2v) is 8.09. The number of anilines is 1. The molecule has 0 heterocycles. The van der Waals surface area contributed by atoms with Gasteiger partial charge in [0.1, 0.15) is 18.0 Å². The zero-order valence-electron chi connectivity index (χ0n) is 18.4. The Morgan fingerprint density at radius 1 is 0.971 bits per heavy atom. The van der Waals surface area contributed by atoms with Gasteiger partial charge in [-0.2, -0.15) is 0 Å². The van der Waals surface area contributed by atoms with Gasteiger partial charge in [0.05, 0.1) is 5.69 Å². The second kappa shape index (κ2) is 9.74. The van der Waals surface area contributed by atoms with Crippen LogP contribution in [0.4, 0.5) is 14.9 Å². The lowest BCUT2D eigenvalue weighted by molar-refractivity contribution is -0.116.